The number of aliphatic hydroxyl groups is 1. The third-order valence-corrected chi connectivity index (χ3v) is 6.16. The molecule has 0 aliphatic carbocycles. The number of hydrogen-bond acceptors (Lipinski definition) is 7. The van der Waals surface area contributed by atoms with E-state index >= 15 is 0 Å². The number of fused-ring (bicyclic) bond motifs is 2. The fraction of sp³-hybridized carbons (Fsp3) is 0.737. The Morgan fingerprint density at radius 3 is 2.62 bits per heavy atom. The van der Waals surface area contributed by atoms with Crippen molar-refractivity contribution >= 4 is 17.5 Å². The van der Waals surface area contributed by atoms with Crippen LogP contribution in [0.15, 0.2) is 12.2 Å². The Morgan fingerprint density at radius 2 is 1.96 bits per heavy atom. The lowest BCUT2D eigenvalue weighted by Gasteiger charge is -2.27. The predicted octanol–water partition coefficient (Wildman–Crippen LogP) is 0.862. The minimum Gasteiger partial charge on any atom is -0.457 e. The number of ketones is 2. The van der Waals surface area contributed by atoms with Crippen molar-refractivity contribution in [3.05, 3.63) is 12.2 Å². The minimum atomic E-state index is -1.35. The molecule has 2 unspecified atom stereocenters. The van der Waals surface area contributed by atoms with Gasteiger partial charge in [0.05, 0.1) is 11.7 Å². The number of hydrogen-bond donors (Lipinski definition) is 1. The highest BCUT2D eigenvalue weighted by Crippen LogP contribution is 2.53. The molecule has 1 N–H and O–H groups in total. The summed E-state index contributed by atoms with van der Waals surface area (Å²) in [7, 11) is 0. The maximum atomic E-state index is 12.5. The highest BCUT2D eigenvalue weighted by atomic mass is 16.7. The van der Waals surface area contributed by atoms with E-state index in [1.54, 1.807) is 13.8 Å². The first-order valence-corrected chi connectivity index (χ1v) is 9.09. The maximum Gasteiger partial charge on any atom is 0.344 e. The largest absolute Gasteiger partial charge is 0.457 e. The Balaban J connectivity index is 1.66. The summed E-state index contributed by atoms with van der Waals surface area (Å²) < 4.78 is 17.0. The summed E-state index contributed by atoms with van der Waals surface area (Å²) in [6.07, 6.45) is -2.08. The number of Topliss-reactive ketones (excluding diaryl/α,β-unsaturated/α-hetero) is 2. The van der Waals surface area contributed by atoms with Crippen LogP contribution in [0.3, 0.4) is 0 Å². The van der Waals surface area contributed by atoms with E-state index in [2.05, 4.69) is 6.58 Å². The lowest BCUT2D eigenvalue weighted by molar-refractivity contribution is -0.162. The monoisotopic (exact) mass is 364 g/mol. The molecule has 7 atom stereocenters. The number of epoxide rings is 1. The van der Waals surface area contributed by atoms with Crippen molar-refractivity contribution in [2.75, 3.05) is 0 Å². The third kappa shape index (κ3) is 2.64. The second-order valence-electron chi connectivity index (χ2n) is 8.42. The molecule has 7 heteroatoms. The summed E-state index contributed by atoms with van der Waals surface area (Å²) in [5.74, 6) is -1.08. The molecule has 0 aromatic heterocycles. The average Bonchev–Trinajstić information content (AvgIpc) is 3.15. The van der Waals surface area contributed by atoms with Crippen LogP contribution in [0.5, 0.6) is 0 Å². The minimum absolute atomic E-state index is 0.0316. The van der Waals surface area contributed by atoms with Crippen molar-refractivity contribution in [2.24, 2.45) is 5.92 Å². The molecule has 4 saturated heterocycles. The quantitative estimate of drug-likeness (QED) is 0.418. The smallest absolute Gasteiger partial charge is 0.344 e. The zero-order chi connectivity index (χ0) is 18.9. The van der Waals surface area contributed by atoms with Gasteiger partial charge >= 0.3 is 5.97 Å². The Kier molecular flexibility index (Phi) is 3.92. The van der Waals surface area contributed by atoms with Crippen LogP contribution in [-0.4, -0.2) is 58.3 Å². The standard InChI is InChI=1S/C19H24O7/c1-9(2)10-4-11(20)6-13-12(21)7-18(3,25-13)8-14-16-19(26-16,15(22)5-10)17(23)24-14/h10,13-16,22H,1,4-8H2,2-3H3/t10-,13-,14-,15?,16-,18-,19?/m1/s1. The Morgan fingerprint density at radius 1 is 1.23 bits per heavy atom. The van der Waals surface area contributed by atoms with Gasteiger partial charge in [0.2, 0.25) is 5.60 Å². The highest BCUT2D eigenvalue weighted by Gasteiger charge is 2.77. The molecule has 4 aliphatic rings. The first kappa shape index (κ1) is 17.8. The number of esters is 1. The molecule has 26 heavy (non-hydrogen) atoms. The van der Waals surface area contributed by atoms with Crippen LogP contribution in [-0.2, 0) is 28.6 Å². The number of carbonyl (C=O) groups excluding carboxylic acids is 3. The van der Waals surface area contributed by atoms with E-state index in [0.717, 1.165) is 5.57 Å². The SMILES string of the molecule is C=C(C)[C@@H]1CC(=O)C[C@H]2O[C@](C)(CC2=O)C[C@H]2OC(=O)C3(O[C@H]23)C(O)C1. The van der Waals surface area contributed by atoms with Gasteiger partial charge in [-0.15, -0.1) is 0 Å². The lowest BCUT2D eigenvalue weighted by Crippen LogP contribution is -2.39. The van der Waals surface area contributed by atoms with Crippen LogP contribution in [0.4, 0.5) is 0 Å². The van der Waals surface area contributed by atoms with Crippen LogP contribution < -0.4 is 0 Å². The molecular weight excluding hydrogens is 340 g/mol. The molecule has 0 radical (unpaired) electrons. The average molecular weight is 364 g/mol. The van der Waals surface area contributed by atoms with Crippen molar-refractivity contribution in [1.29, 1.82) is 0 Å². The Hall–Kier alpha value is -1.57. The summed E-state index contributed by atoms with van der Waals surface area (Å²) in [5.41, 5.74) is -1.41. The van der Waals surface area contributed by atoms with Crippen LogP contribution in [0, 0.1) is 5.92 Å². The lowest BCUT2D eigenvalue weighted by atomic mass is 9.83. The normalized spacial score (nSPS) is 48.1. The number of carbonyl (C=O) groups is 3. The topological polar surface area (TPSA) is 102 Å². The second kappa shape index (κ2) is 5.71. The summed E-state index contributed by atoms with van der Waals surface area (Å²) in [5, 5.41) is 10.7. The van der Waals surface area contributed by atoms with Gasteiger partial charge in [0, 0.05) is 25.7 Å². The second-order valence-corrected chi connectivity index (χ2v) is 8.42. The number of ether oxygens (including phenoxy) is 3. The van der Waals surface area contributed by atoms with E-state index in [4.69, 9.17) is 14.2 Å². The van der Waals surface area contributed by atoms with Crippen LogP contribution >= 0.6 is 0 Å². The van der Waals surface area contributed by atoms with Crippen LogP contribution in [0.25, 0.3) is 0 Å². The molecule has 0 aromatic carbocycles. The fourth-order valence-electron chi connectivity index (χ4n) is 4.64. The van der Waals surface area contributed by atoms with E-state index < -0.39 is 41.6 Å². The molecule has 4 fully saturated rings. The molecule has 4 aliphatic heterocycles. The highest BCUT2D eigenvalue weighted by molar-refractivity contribution is 5.92. The van der Waals surface area contributed by atoms with Gasteiger partial charge in [0.15, 0.2) is 5.78 Å². The summed E-state index contributed by atoms with van der Waals surface area (Å²) >= 11 is 0. The first-order valence-electron chi connectivity index (χ1n) is 9.09. The molecule has 4 heterocycles. The maximum absolute atomic E-state index is 12.5. The molecular formula is C19H24O7. The van der Waals surface area contributed by atoms with Gasteiger partial charge in [-0.25, -0.2) is 4.79 Å². The fourth-order valence-corrected chi connectivity index (χ4v) is 4.64. The van der Waals surface area contributed by atoms with Crippen molar-refractivity contribution in [1.82, 2.24) is 0 Å². The predicted molar refractivity (Wildman–Crippen MR) is 88.2 cm³/mol. The molecule has 4 bridgehead atoms. The van der Waals surface area contributed by atoms with Crippen molar-refractivity contribution in [3.63, 3.8) is 0 Å². The van der Waals surface area contributed by atoms with Crippen molar-refractivity contribution < 1.29 is 33.7 Å². The number of rotatable bonds is 1. The molecule has 0 saturated carbocycles. The van der Waals surface area contributed by atoms with Gasteiger partial charge in [-0.2, -0.15) is 0 Å². The van der Waals surface area contributed by atoms with Gasteiger partial charge in [0.25, 0.3) is 0 Å². The van der Waals surface area contributed by atoms with E-state index in [-0.39, 0.29) is 43.2 Å². The Labute approximate surface area is 151 Å². The van der Waals surface area contributed by atoms with Gasteiger partial charge < -0.3 is 19.3 Å². The van der Waals surface area contributed by atoms with Gasteiger partial charge in [-0.1, -0.05) is 12.2 Å². The molecule has 142 valence electrons. The van der Waals surface area contributed by atoms with E-state index in [0.29, 0.717) is 6.42 Å². The van der Waals surface area contributed by atoms with Gasteiger partial charge in [0.1, 0.15) is 24.1 Å². The molecule has 4 rings (SSSR count). The van der Waals surface area contributed by atoms with E-state index in [1.165, 1.54) is 0 Å². The zero-order valence-electron chi connectivity index (χ0n) is 15.0. The summed E-state index contributed by atoms with van der Waals surface area (Å²) in [6, 6.07) is 0. The molecule has 0 amide bonds. The van der Waals surface area contributed by atoms with Crippen molar-refractivity contribution in [2.45, 2.75) is 81.6 Å². The first-order chi connectivity index (χ1) is 12.1. The van der Waals surface area contributed by atoms with Crippen molar-refractivity contribution in [3.8, 4) is 0 Å². The number of aliphatic hydroxyl groups excluding tert-OH is 1. The molecule has 0 spiro atoms. The Bertz CT molecular complexity index is 700. The van der Waals surface area contributed by atoms with Crippen LogP contribution in [0.1, 0.15) is 46.0 Å². The molecule has 0 aromatic rings. The van der Waals surface area contributed by atoms with Crippen LogP contribution in [0.2, 0.25) is 0 Å². The summed E-state index contributed by atoms with van der Waals surface area (Å²) in [4.78, 5) is 37.2. The van der Waals surface area contributed by atoms with E-state index in [1.807, 2.05) is 0 Å². The zero-order valence-corrected chi connectivity index (χ0v) is 15.0. The van der Waals surface area contributed by atoms with Gasteiger partial charge in [-0.3, -0.25) is 9.59 Å². The number of allylic oxidation sites excluding steroid dienone is 1. The van der Waals surface area contributed by atoms with E-state index in [9.17, 15) is 19.5 Å². The van der Waals surface area contributed by atoms with Gasteiger partial charge in [-0.05, 0) is 26.2 Å². The summed E-state index contributed by atoms with van der Waals surface area (Å²) in [6.45, 7) is 7.48. The third-order valence-electron chi connectivity index (χ3n) is 6.16. The molecule has 7 nitrogen and oxygen atoms in total.